The second kappa shape index (κ2) is 5.27. The van der Waals surface area contributed by atoms with Crippen LogP contribution in [0.1, 0.15) is 10.4 Å². The zero-order valence-electron chi connectivity index (χ0n) is 10.0. The average molecular weight is 262 g/mol. The summed E-state index contributed by atoms with van der Waals surface area (Å²) >= 11 is 4.05. The second-order valence-electron chi connectivity index (χ2n) is 3.98. The van der Waals surface area contributed by atoms with Gasteiger partial charge in [0, 0.05) is 36.3 Å². The molecule has 0 saturated carbocycles. The average Bonchev–Trinajstić information content (AvgIpc) is 2.40. The van der Waals surface area contributed by atoms with Gasteiger partial charge >= 0.3 is 0 Å². The van der Waals surface area contributed by atoms with Gasteiger partial charge in [-0.1, -0.05) is 18.2 Å². The van der Waals surface area contributed by atoms with Crippen molar-refractivity contribution in [2.24, 2.45) is 7.05 Å². The molecule has 0 aliphatic heterocycles. The van der Waals surface area contributed by atoms with Gasteiger partial charge in [-0.05, 0) is 6.07 Å². The monoisotopic (exact) mass is 262 g/mol. The van der Waals surface area contributed by atoms with Crippen molar-refractivity contribution in [2.75, 3.05) is 12.3 Å². The van der Waals surface area contributed by atoms with Crippen LogP contribution in [0.25, 0.3) is 10.8 Å². The Bertz CT molecular complexity index is 649. The number of nitrogens with one attached hydrogen (secondary N) is 1. The Morgan fingerprint density at radius 1 is 1.33 bits per heavy atom. The third-order valence-electron chi connectivity index (χ3n) is 2.73. The fourth-order valence-corrected chi connectivity index (χ4v) is 1.97. The number of hydrogen-bond donors (Lipinski definition) is 2. The number of aromatic nitrogens is 1. The first-order valence-corrected chi connectivity index (χ1v) is 6.26. The summed E-state index contributed by atoms with van der Waals surface area (Å²) in [6.07, 6.45) is 1.57. The van der Waals surface area contributed by atoms with Crippen LogP contribution in [-0.2, 0) is 7.05 Å². The van der Waals surface area contributed by atoms with Gasteiger partial charge in [-0.15, -0.1) is 0 Å². The number of amides is 1. The van der Waals surface area contributed by atoms with Crippen molar-refractivity contribution in [1.29, 1.82) is 0 Å². The Morgan fingerprint density at radius 3 is 2.67 bits per heavy atom. The minimum atomic E-state index is -0.184. The van der Waals surface area contributed by atoms with Crippen LogP contribution in [0.3, 0.4) is 0 Å². The Morgan fingerprint density at radius 2 is 2.00 bits per heavy atom. The molecule has 94 valence electrons. The predicted octanol–water partition coefficient (Wildman–Crippen LogP) is 1.20. The molecule has 0 atom stereocenters. The lowest BCUT2D eigenvalue weighted by atomic mass is 10.1. The van der Waals surface area contributed by atoms with Crippen LogP contribution in [0, 0.1) is 0 Å². The van der Waals surface area contributed by atoms with Gasteiger partial charge in [0.1, 0.15) is 0 Å². The fourth-order valence-electron chi connectivity index (χ4n) is 1.86. The topological polar surface area (TPSA) is 51.1 Å². The van der Waals surface area contributed by atoms with E-state index < -0.39 is 0 Å². The molecule has 1 aromatic heterocycles. The number of thiol groups is 1. The van der Waals surface area contributed by atoms with Crippen LogP contribution >= 0.6 is 12.6 Å². The third kappa shape index (κ3) is 2.26. The number of pyridine rings is 1. The molecule has 5 heteroatoms. The van der Waals surface area contributed by atoms with Gasteiger partial charge in [0.05, 0.1) is 5.56 Å². The molecule has 0 saturated heterocycles. The van der Waals surface area contributed by atoms with E-state index >= 15 is 0 Å². The van der Waals surface area contributed by atoms with Gasteiger partial charge in [-0.3, -0.25) is 9.59 Å². The van der Waals surface area contributed by atoms with E-state index in [9.17, 15) is 9.59 Å². The van der Waals surface area contributed by atoms with E-state index in [4.69, 9.17) is 0 Å². The van der Waals surface area contributed by atoms with Crippen molar-refractivity contribution in [3.05, 3.63) is 46.4 Å². The summed E-state index contributed by atoms with van der Waals surface area (Å²) < 4.78 is 1.43. The molecule has 0 radical (unpaired) electrons. The molecule has 1 amide bonds. The van der Waals surface area contributed by atoms with Gasteiger partial charge in [0.15, 0.2) is 0 Å². The zero-order chi connectivity index (χ0) is 13.1. The van der Waals surface area contributed by atoms with Gasteiger partial charge in [0.2, 0.25) is 0 Å². The molecule has 0 unspecified atom stereocenters. The quantitative estimate of drug-likeness (QED) is 0.817. The summed E-state index contributed by atoms with van der Waals surface area (Å²) in [5.74, 6) is 0.394. The molecular weight excluding hydrogens is 248 g/mol. The van der Waals surface area contributed by atoms with Gasteiger partial charge in [-0.25, -0.2) is 0 Å². The third-order valence-corrected chi connectivity index (χ3v) is 2.96. The lowest BCUT2D eigenvalue weighted by molar-refractivity contribution is 0.0957. The summed E-state index contributed by atoms with van der Waals surface area (Å²) in [6.45, 7) is 0.499. The fraction of sp³-hybridized carbons (Fsp3) is 0.231. The SMILES string of the molecule is Cn1cc(C(=O)NCCS)c2ccccc2c1=O. The molecule has 1 heterocycles. The maximum atomic E-state index is 12.0. The highest BCUT2D eigenvalue weighted by Crippen LogP contribution is 2.14. The summed E-state index contributed by atoms with van der Waals surface area (Å²) in [5, 5.41) is 3.99. The first kappa shape index (κ1) is 12.7. The molecule has 2 aromatic rings. The molecule has 4 nitrogen and oxygen atoms in total. The van der Waals surface area contributed by atoms with Crippen molar-refractivity contribution in [2.45, 2.75) is 0 Å². The highest BCUT2D eigenvalue weighted by molar-refractivity contribution is 7.80. The maximum Gasteiger partial charge on any atom is 0.258 e. The van der Waals surface area contributed by atoms with Crippen LogP contribution in [0.4, 0.5) is 0 Å². The number of rotatable bonds is 3. The molecule has 0 spiro atoms. The van der Waals surface area contributed by atoms with Gasteiger partial charge in [-0.2, -0.15) is 12.6 Å². The molecular formula is C13H14N2O2S. The maximum absolute atomic E-state index is 12.0. The van der Waals surface area contributed by atoms with E-state index in [0.717, 1.165) is 0 Å². The first-order valence-electron chi connectivity index (χ1n) is 5.62. The summed E-state index contributed by atoms with van der Waals surface area (Å²) in [5.41, 5.74) is 0.408. The van der Waals surface area contributed by atoms with E-state index in [0.29, 0.717) is 28.6 Å². The number of fused-ring (bicyclic) bond motifs is 1. The van der Waals surface area contributed by atoms with Crippen molar-refractivity contribution in [3.63, 3.8) is 0 Å². The van der Waals surface area contributed by atoms with Crippen LogP contribution in [0.5, 0.6) is 0 Å². The number of aryl methyl sites for hydroxylation is 1. The predicted molar refractivity (Wildman–Crippen MR) is 75.4 cm³/mol. The number of carbonyl (C=O) groups is 1. The molecule has 0 fully saturated rings. The minimum absolute atomic E-state index is 0.101. The highest BCUT2D eigenvalue weighted by Gasteiger charge is 2.12. The molecule has 2 rings (SSSR count). The molecule has 1 aromatic carbocycles. The Kier molecular flexibility index (Phi) is 3.72. The summed E-state index contributed by atoms with van der Waals surface area (Å²) in [4.78, 5) is 24.0. The Balaban J connectivity index is 2.61. The number of benzene rings is 1. The second-order valence-corrected chi connectivity index (χ2v) is 4.43. The van der Waals surface area contributed by atoms with Crippen molar-refractivity contribution >= 4 is 29.3 Å². The normalized spacial score (nSPS) is 10.6. The van der Waals surface area contributed by atoms with E-state index in [1.54, 1.807) is 31.4 Å². The van der Waals surface area contributed by atoms with E-state index in [-0.39, 0.29) is 11.5 Å². The highest BCUT2D eigenvalue weighted by atomic mass is 32.1. The van der Waals surface area contributed by atoms with E-state index in [1.807, 2.05) is 6.07 Å². The Labute approximate surface area is 110 Å². The van der Waals surface area contributed by atoms with Crippen LogP contribution < -0.4 is 10.9 Å². The van der Waals surface area contributed by atoms with Crippen molar-refractivity contribution in [1.82, 2.24) is 9.88 Å². The molecule has 0 bridgehead atoms. The van der Waals surface area contributed by atoms with E-state index in [1.165, 1.54) is 4.57 Å². The number of carbonyl (C=O) groups excluding carboxylic acids is 1. The van der Waals surface area contributed by atoms with Crippen LogP contribution in [0.2, 0.25) is 0 Å². The molecule has 0 aliphatic rings. The zero-order valence-corrected chi connectivity index (χ0v) is 10.9. The largest absolute Gasteiger partial charge is 0.351 e. The number of nitrogens with zero attached hydrogens (tertiary/aromatic N) is 1. The first-order chi connectivity index (χ1) is 8.65. The van der Waals surface area contributed by atoms with Gasteiger partial charge in [0.25, 0.3) is 11.5 Å². The lowest BCUT2D eigenvalue weighted by Crippen LogP contribution is -2.28. The molecule has 18 heavy (non-hydrogen) atoms. The minimum Gasteiger partial charge on any atom is -0.351 e. The van der Waals surface area contributed by atoms with Crippen LogP contribution in [-0.4, -0.2) is 22.8 Å². The van der Waals surface area contributed by atoms with Crippen molar-refractivity contribution < 1.29 is 4.79 Å². The molecule has 1 N–H and O–H groups in total. The number of hydrogen-bond acceptors (Lipinski definition) is 3. The van der Waals surface area contributed by atoms with E-state index in [2.05, 4.69) is 17.9 Å². The van der Waals surface area contributed by atoms with Crippen LogP contribution in [0.15, 0.2) is 35.3 Å². The standard InChI is InChI=1S/C13H14N2O2S/c1-15-8-11(12(16)14-6-7-18)9-4-2-3-5-10(9)13(15)17/h2-5,8,18H,6-7H2,1H3,(H,14,16). The van der Waals surface area contributed by atoms with Gasteiger partial charge < -0.3 is 9.88 Å². The summed E-state index contributed by atoms with van der Waals surface area (Å²) in [6, 6.07) is 7.12. The molecule has 0 aliphatic carbocycles. The lowest BCUT2D eigenvalue weighted by Gasteiger charge is -2.09. The van der Waals surface area contributed by atoms with Crippen molar-refractivity contribution in [3.8, 4) is 0 Å². The smallest absolute Gasteiger partial charge is 0.258 e. The summed E-state index contributed by atoms with van der Waals surface area (Å²) in [7, 11) is 1.64. The Hall–Kier alpha value is -1.75.